The predicted molar refractivity (Wildman–Crippen MR) is 99.5 cm³/mol. The van der Waals surface area contributed by atoms with Crippen molar-refractivity contribution >= 4 is 51.5 Å². The summed E-state index contributed by atoms with van der Waals surface area (Å²) in [5.41, 5.74) is 3.74. The molecule has 0 saturated heterocycles. The number of hydrogen-bond acceptors (Lipinski definition) is 1. The number of benzene rings is 2. The van der Waals surface area contributed by atoms with E-state index in [2.05, 4.69) is 60.0 Å². The van der Waals surface area contributed by atoms with Crippen LogP contribution in [0.2, 0.25) is 10.0 Å². The van der Waals surface area contributed by atoms with Crippen molar-refractivity contribution in [1.29, 1.82) is 0 Å². The zero-order valence-electron chi connectivity index (χ0n) is 11.9. The first-order valence-electron chi connectivity index (χ1n) is 6.87. The van der Waals surface area contributed by atoms with E-state index >= 15 is 0 Å². The summed E-state index contributed by atoms with van der Waals surface area (Å²) in [6, 6.07) is 12.5. The average Bonchev–Trinajstić information content (AvgIpc) is 2.63. The van der Waals surface area contributed by atoms with Gasteiger partial charge in [0.25, 0.3) is 0 Å². The van der Waals surface area contributed by atoms with Crippen LogP contribution in [0.3, 0.4) is 0 Å². The van der Waals surface area contributed by atoms with Crippen LogP contribution in [0.5, 0.6) is 0 Å². The first-order valence-corrected chi connectivity index (χ1v) is 8.70. The summed E-state index contributed by atoms with van der Waals surface area (Å²) in [7, 11) is 0. The molecule has 0 aliphatic heterocycles. The lowest BCUT2D eigenvalue weighted by Crippen LogP contribution is -2.24. The number of hydrogen-bond donors (Lipinski definition) is 1. The molecule has 0 amide bonds. The molecule has 1 aliphatic rings. The Morgan fingerprint density at radius 1 is 1.14 bits per heavy atom. The SMILES string of the molecule is CC1(C)Cc2ccc(Cl)cc2C1Nc1ccc(I)cc1Cl. The van der Waals surface area contributed by atoms with E-state index < -0.39 is 0 Å². The lowest BCUT2D eigenvalue weighted by Gasteiger charge is -2.30. The first-order chi connectivity index (χ1) is 9.87. The maximum absolute atomic E-state index is 6.37. The Hall–Kier alpha value is -0.450. The van der Waals surface area contributed by atoms with Crippen LogP contribution in [0.4, 0.5) is 5.69 Å². The number of fused-ring (bicyclic) bond motifs is 1. The second-order valence-electron chi connectivity index (χ2n) is 6.21. The topological polar surface area (TPSA) is 12.0 Å². The van der Waals surface area contributed by atoms with Gasteiger partial charge in [-0.3, -0.25) is 0 Å². The molecule has 1 N–H and O–H groups in total. The van der Waals surface area contributed by atoms with E-state index in [1.54, 1.807) is 0 Å². The summed E-state index contributed by atoms with van der Waals surface area (Å²) >= 11 is 14.8. The van der Waals surface area contributed by atoms with Gasteiger partial charge >= 0.3 is 0 Å². The van der Waals surface area contributed by atoms with Crippen LogP contribution < -0.4 is 5.32 Å². The van der Waals surface area contributed by atoms with Crippen LogP contribution in [0.1, 0.15) is 31.0 Å². The normalized spacial score (nSPS) is 19.4. The quantitative estimate of drug-likeness (QED) is 0.547. The average molecular weight is 432 g/mol. The van der Waals surface area contributed by atoms with Gasteiger partial charge in [-0.05, 0) is 75.9 Å². The van der Waals surface area contributed by atoms with Gasteiger partial charge in [-0.2, -0.15) is 0 Å². The molecular weight excluding hydrogens is 416 g/mol. The van der Waals surface area contributed by atoms with Crippen LogP contribution in [-0.4, -0.2) is 0 Å². The van der Waals surface area contributed by atoms with Gasteiger partial charge in [-0.25, -0.2) is 0 Å². The number of anilines is 1. The molecule has 0 heterocycles. The molecule has 0 saturated carbocycles. The third kappa shape index (κ3) is 3.03. The zero-order valence-corrected chi connectivity index (χ0v) is 15.6. The predicted octanol–water partition coefficient (Wildman–Crippen LogP) is 6.33. The molecule has 1 unspecified atom stereocenters. The third-order valence-corrected chi connectivity index (χ3v) is 5.30. The Kier molecular flexibility index (Phi) is 4.15. The number of halogens is 3. The molecule has 21 heavy (non-hydrogen) atoms. The summed E-state index contributed by atoms with van der Waals surface area (Å²) in [5, 5.41) is 5.16. The van der Waals surface area contributed by atoms with Gasteiger partial charge in [-0.1, -0.05) is 43.1 Å². The molecular formula is C17H16Cl2IN. The molecule has 4 heteroatoms. The second kappa shape index (κ2) is 5.64. The van der Waals surface area contributed by atoms with E-state index in [4.69, 9.17) is 23.2 Å². The molecule has 1 aliphatic carbocycles. The fourth-order valence-electron chi connectivity index (χ4n) is 3.04. The minimum atomic E-state index is 0.124. The van der Waals surface area contributed by atoms with Crippen LogP contribution in [0.25, 0.3) is 0 Å². The first kappa shape index (κ1) is 15.4. The molecule has 0 fully saturated rings. The minimum Gasteiger partial charge on any atom is -0.376 e. The molecule has 3 rings (SSSR count). The molecule has 1 nitrogen and oxygen atoms in total. The highest BCUT2D eigenvalue weighted by Crippen LogP contribution is 2.48. The Morgan fingerprint density at radius 3 is 2.62 bits per heavy atom. The highest BCUT2D eigenvalue weighted by molar-refractivity contribution is 14.1. The smallest absolute Gasteiger partial charge is 0.0648 e. The van der Waals surface area contributed by atoms with Gasteiger partial charge in [0.1, 0.15) is 0 Å². The Bertz CT molecular complexity index is 697. The minimum absolute atomic E-state index is 0.124. The van der Waals surface area contributed by atoms with Gasteiger partial charge in [0.05, 0.1) is 16.8 Å². The Balaban J connectivity index is 1.99. The van der Waals surface area contributed by atoms with Crippen molar-refractivity contribution < 1.29 is 0 Å². The van der Waals surface area contributed by atoms with Crippen molar-refractivity contribution in [2.45, 2.75) is 26.3 Å². The van der Waals surface area contributed by atoms with E-state index in [0.717, 1.165) is 25.7 Å². The molecule has 1 atom stereocenters. The zero-order chi connectivity index (χ0) is 15.2. The van der Waals surface area contributed by atoms with Crippen molar-refractivity contribution in [1.82, 2.24) is 0 Å². The Labute approximate surface area is 149 Å². The summed E-state index contributed by atoms with van der Waals surface area (Å²) in [6.07, 6.45) is 1.04. The van der Waals surface area contributed by atoms with Crippen molar-refractivity contribution in [3.63, 3.8) is 0 Å². The molecule has 0 radical (unpaired) electrons. The van der Waals surface area contributed by atoms with Gasteiger partial charge in [-0.15, -0.1) is 0 Å². The summed E-state index contributed by atoms with van der Waals surface area (Å²) in [6.45, 7) is 4.55. The fourth-order valence-corrected chi connectivity index (χ4v) is 4.14. The van der Waals surface area contributed by atoms with Crippen LogP contribution in [-0.2, 0) is 6.42 Å². The lowest BCUT2D eigenvalue weighted by molar-refractivity contribution is 0.337. The molecule has 0 spiro atoms. The highest BCUT2D eigenvalue weighted by Gasteiger charge is 2.39. The molecule has 0 aromatic heterocycles. The Morgan fingerprint density at radius 2 is 1.90 bits per heavy atom. The fraction of sp³-hybridized carbons (Fsp3) is 0.294. The molecule has 2 aromatic rings. The van der Waals surface area contributed by atoms with E-state index in [1.165, 1.54) is 11.1 Å². The van der Waals surface area contributed by atoms with Crippen molar-refractivity contribution in [3.05, 3.63) is 61.1 Å². The van der Waals surface area contributed by atoms with Crippen LogP contribution in [0, 0.1) is 8.99 Å². The molecule has 0 bridgehead atoms. The molecule has 110 valence electrons. The van der Waals surface area contributed by atoms with E-state index in [9.17, 15) is 0 Å². The van der Waals surface area contributed by atoms with E-state index in [1.807, 2.05) is 18.2 Å². The maximum atomic E-state index is 6.37. The third-order valence-electron chi connectivity index (χ3n) is 4.08. The van der Waals surface area contributed by atoms with Crippen LogP contribution >= 0.6 is 45.8 Å². The number of nitrogens with one attached hydrogen (secondary N) is 1. The monoisotopic (exact) mass is 431 g/mol. The van der Waals surface area contributed by atoms with Crippen molar-refractivity contribution in [3.8, 4) is 0 Å². The standard InChI is InChI=1S/C17H16Cl2IN/c1-17(2)9-10-3-4-11(18)7-13(10)16(17)21-15-6-5-12(20)8-14(15)19/h3-8,16,21H,9H2,1-2H3. The second-order valence-corrected chi connectivity index (χ2v) is 8.30. The van der Waals surface area contributed by atoms with Gasteiger partial charge in [0.15, 0.2) is 0 Å². The van der Waals surface area contributed by atoms with Crippen molar-refractivity contribution in [2.24, 2.45) is 5.41 Å². The molecule has 2 aromatic carbocycles. The van der Waals surface area contributed by atoms with Gasteiger partial charge in [0.2, 0.25) is 0 Å². The summed E-state index contributed by atoms with van der Waals surface area (Å²) in [4.78, 5) is 0. The van der Waals surface area contributed by atoms with Crippen molar-refractivity contribution in [2.75, 3.05) is 5.32 Å². The van der Waals surface area contributed by atoms with Crippen LogP contribution in [0.15, 0.2) is 36.4 Å². The van der Waals surface area contributed by atoms with E-state index in [0.29, 0.717) is 0 Å². The van der Waals surface area contributed by atoms with Gasteiger partial charge in [0, 0.05) is 8.59 Å². The lowest BCUT2D eigenvalue weighted by atomic mass is 9.85. The van der Waals surface area contributed by atoms with E-state index in [-0.39, 0.29) is 11.5 Å². The highest BCUT2D eigenvalue weighted by atomic mass is 127. The maximum Gasteiger partial charge on any atom is 0.0648 e. The van der Waals surface area contributed by atoms with Gasteiger partial charge < -0.3 is 5.32 Å². The summed E-state index contributed by atoms with van der Waals surface area (Å²) in [5.74, 6) is 0. The number of rotatable bonds is 2. The largest absolute Gasteiger partial charge is 0.376 e. The summed E-state index contributed by atoms with van der Waals surface area (Å²) < 4.78 is 1.14.